The number of nitrogens with one attached hydrogen (secondary N) is 1. The normalized spacial score (nSPS) is 23.5. The van der Waals surface area contributed by atoms with Crippen molar-refractivity contribution < 1.29 is 0 Å². The molecular weight excluding hydrogens is 220 g/mol. The summed E-state index contributed by atoms with van der Waals surface area (Å²) in [6, 6.07) is 10.9. The molecule has 0 aromatic heterocycles. The molecule has 16 heavy (non-hydrogen) atoms. The SMILES string of the molecule is N#CCCNC1CC(c2ccc(Cl)cc2)C1. The summed E-state index contributed by atoms with van der Waals surface area (Å²) in [6.07, 6.45) is 2.95. The maximum Gasteiger partial charge on any atom is 0.0635 e. The van der Waals surface area contributed by atoms with Crippen LogP contribution >= 0.6 is 11.6 Å². The van der Waals surface area contributed by atoms with E-state index in [1.807, 2.05) is 12.1 Å². The highest BCUT2D eigenvalue weighted by atomic mass is 35.5. The minimum Gasteiger partial charge on any atom is -0.313 e. The molecule has 1 fully saturated rings. The van der Waals surface area contributed by atoms with Gasteiger partial charge in [0.2, 0.25) is 0 Å². The van der Waals surface area contributed by atoms with Crippen LogP contribution in [0.3, 0.4) is 0 Å². The maximum absolute atomic E-state index is 8.42. The molecule has 0 heterocycles. The standard InChI is InChI=1S/C13H15ClN2/c14-12-4-2-10(3-5-12)11-8-13(9-11)16-7-1-6-15/h2-5,11,13,16H,1,7-9H2. The van der Waals surface area contributed by atoms with Crippen molar-refractivity contribution in [1.82, 2.24) is 5.32 Å². The van der Waals surface area contributed by atoms with Crippen LogP contribution in [0.2, 0.25) is 5.02 Å². The molecule has 0 atom stereocenters. The molecule has 1 aromatic carbocycles. The first-order valence-corrected chi connectivity index (χ1v) is 6.03. The Kier molecular flexibility index (Phi) is 3.82. The Balaban J connectivity index is 1.76. The highest BCUT2D eigenvalue weighted by Crippen LogP contribution is 2.37. The monoisotopic (exact) mass is 234 g/mol. The van der Waals surface area contributed by atoms with E-state index in [4.69, 9.17) is 16.9 Å². The topological polar surface area (TPSA) is 35.8 Å². The molecule has 1 N–H and O–H groups in total. The van der Waals surface area contributed by atoms with Crippen molar-refractivity contribution in [2.45, 2.75) is 31.2 Å². The smallest absolute Gasteiger partial charge is 0.0635 e. The lowest BCUT2D eigenvalue weighted by molar-refractivity contribution is 0.293. The average molecular weight is 235 g/mol. The molecule has 1 aliphatic carbocycles. The van der Waals surface area contributed by atoms with E-state index in [9.17, 15) is 0 Å². The predicted octanol–water partition coefficient (Wildman–Crippen LogP) is 3.09. The Bertz CT molecular complexity index is 374. The van der Waals surface area contributed by atoms with Gasteiger partial charge in [-0.3, -0.25) is 0 Å². The summed E-state index contributed by atoms with van der Waals surface area (Å²) >= 11 is 5.85. The molecule has 2 nitrogen and oxygen atoms in total. The van der Waals surface area contributed by atoms with Gasteiger partial charge >= 0.3 is 0 Å². The van der Waals surface area contributed by atoms with E-state index >= 15 is 0 Å². The first kappa shape index (κ1) is 11.4. The summed E-state index contributed by atoms with van der Waals surface area (Å²) in [5.74, 6) is 0.664. The highest BCUT2D eigenvalue weighted by Gasteiger charge is 2.29. The van der Waals surface area contributed by atoms with Crippen LogP contribution in [0.15, 0.2) is 24.3 Å². The van der Waals surface area contributed by atoms with E-state index in [0.717, 1.165) is 11.6 Å². The molecular formula is C13H15ClN2. The molecule has 3 heteroatoms. The summed E-state index contributed by atoms with van der Waals surface area (Å²) in [5, 5.41) is 12.6. The third-order valence-electron chi connectivity index (χ3n) is 3.15. The fraction of sp³-hybridized carbons (Fsp3) is 0.462. The molecule has 0 bridgehead atoms. The Morgan fingerprint density at radius 3 is 2.62 bits per heavy atom. The molecule has 0 saturated heterocycles. The van der Waals surface area contributed by atoms with Gasteiger partial charge in [-0.15, -0.1) is 0 Å². The lowest BCUT2D eigenvalue weighted by Gasteiger charge is -2.36. The highest BCUT2D eigenvalue weighted by molar-refractivity contribution is 6.30. The zero-order chi connectivity index (χ0) is 11.4. The molecule has 0 unspecified atom stereocenters. The van der Waals surface area contributed by atoms with Crippen molar-refractivity contribution in [2.24, 2.45) is 0 Å². The molecule has 0 radical (unpaired) electrons. The maximum atomic E-state index is 8.42. The van der Waals surface area contributed by atoms with Gasteiger partial charge in [0.1, 0.15) is 0 Å². The van der Waals surface area contributed by atoms with Gasteiger partial charge in [0.25, 0.3) is 0 Å². The second-order valence-corrected chi connectivity index (χ2v) is 4.72. The Morgan fingerprint density at radius 2 is 2.00 bits per heavy atom. The molecule has 0 spiro atoms. The average Bonchev–Trinajstić information content (AvgIpc) is 2.23. The van der Waals surface area contributed by atoms with Crippen molar-refractivity contribution in [3.05, 3.63) is 34.9 Å². The number of rotatable bonds is 4. The van der Waals surface area contributed by atoms with E-state index in [2.05, 4.69) is 23.5 Å². The third kappa shape index (κ3) is 2.75. The van der Waals surface area contributed by atoms with Crippen molar-refractivity contribution in [1.29, 1.82) is 5.26 Å². The number of nitrogens with zero attached hydrogens (tertiary/aromatic N) is 1. The van der Waals surface area contributed by atoms with Gasteiger partial charge in [0.05, 0.1) is 6.07 Å². The minimum absolute atomic E-state index is 0.592. The molecule has 0 aliphatic heterocycles. The Morgan fingerprint density at radius 1 is 1.31 bits per heavy atom. The van der Waals surface area contributed by atoms with Crippen LogP contribution in [0.25, 0.3) is 0 Å². The quantitative estimate of drug-likeness (QED) is 0.813. The van der Waals surface area contributed by atoms with Crippen LogP contribution in [0.1, 0.15) is 30.7 Å². The number of nitriles is 1. The molecule has 0 amide bonds. The van der Waals surface area contributed by atoms with Crippen molar-refractivity contribution in [2.75, 3.05) is 6.54 Å². The van der Waals surface area contributed by atoms with Gasteiger partial charge in [0.15, 0.2) is 0 Å². The molecule has 1 aliphatic rings. The predicted molar refractivity (Wildman–Crippen MR) is 65.4 cm³/mol. The first-order valence-electron chi connectivity index (χ1n) is 5.65. The van der Waals surface area contributed by atoms with Crippen LogP contribution in [-0.2, 0) is 0 Å². The second-order valence-electron chi connectivity index (χ2n) is 4.28. The van der Waals surface area contributed by atoms with Crippen molar-refractivity contribution >= 4 is 11.6 Å². The molecule has 1 aromatic rings. The van der Waals surface area contributed by atoms with Crippen molar-refractivity contribution in [3.8, 4) is 6.07 Å². The van der Waals surface area contributed by atoms with Crippen LogP contribution in [-0.4, -0.2) is 12.6 Å². The largest absolute Gasteiger partial charge is 0.313 e. The van der Waals surface area contributed by atoms with Crippen LogP contribution in [0.5, 0.6) is 0 Å². The number of halogens is 1. The minimum atomic E-state index is 0.592. The Labute approximate surface area is 101 Å². The molecule has 1 saturated carbocycles. The summed E-state index contributed by atoms with van der Waals surface area (Å²) in [5.41, 5.74) is 1.38. The van der Waals surface area contributed by atoms with Gasteiger partial charge in [-0.2, -0.15) is 5.26 Å². The van der Waals surface area contributed by atoms with E-state index in [0.29, 0.717) is 18.4 Å². The van der Waals surface area contributed by atoms with E-state index in [1.165, 1.54) is 18.4 Å². The molecule has 84 valence electrons. The summed E-state index contributed by atoms with van der Waals surface area (Å²) in [7, 11) is 0. The fourth-order valence-electron chi connectivity index (χ4n) is 2.12. The summed E-state index contributed by atoms with van der Waals surface area (Å²) in [6.45, 7) is 0.814. The summed E-state index contributed by atoms with van der Waals surface area (Å²) in [4.78, 5) is 0. The number of hydrogen-bond acceptors (Lipinski definition) is 2. The number of hydrogen-bond donors (Lipinski definition) is 1. The van der Waals surface area contributed by atoms with Gasteiger partial charge in [-0.1, -0.05) is 23.7 Å². The van der Waals surface area contributed by atoms with E-state index in [-0.39, 0.29) is 0 Å². The van der Waals surface area contributed by atoms with Crippen LogP contribution < -0.4 is 5.32 Å². The van der Waals surface area contributed by atoms with Gasteiger partial charge < -0.3 is 5.32 Å². The van der Waals surface area contributed by atoms with Crippen LogP contribution in [0.4, 0.5) is 0 Å². The van der Waals surface area contributed by atoms with E-state index in [1.54, 1.807) is 0 Å². The van der Waals surface area contributed by atoms with E-state index < -0.39 is 0 Å². The van der Waals surface area contributed by atoms with Crippen LogP contribution in [0, 0.1) is 11.3 Å². The number of benzene rings is 1. The first-order chi connectivity index (χ1) is 7.79. The van der Waals surface area contributed by atoms with Gasteiger partial charge in [-0.05, 0) is 36.5 Å². The summed E-state index contributed by atoms with van der Waals surface area (Å²) < 4.78 is 0. The van der Waals surface area contributed by atoms with Gasteiger partial charge in [0, 0.05) is 24.0 Å². The zero-order valence-corrected chi connectivity index (χ0v) is 9.87. The van der Waals surface area contributed by atoms with Crippen molar-refractivity contribution in [3.63, 3.8) is 0 Å². The fourth-order valence-corrected chi connectivity index (χ4v) is 2.25. The zero-order valence-electron chi connectivity index (χ0n) is 9.12. The van der Waals surface area contributed by atoms with Gasteiger partial charge in [-0.25, -0.2) is 0 Å². The molecule has 2 rings (SSSR count). The third-order valence-corrected chi connectivity index (χ3v) is 3.40. The second kappa shape index (κ2) is 5.34. The lowest BCUT2D eigenvalue weighted by Crippen LogP contribution is -2.40. The lowest BCUT2D eigenvalue weighted by atomic mass is 9.76. The Hall–Kier alpha value is -1.04.